The van der Waals surface area contributed by atoms with Gasteiger partial charge < -0.3 is 9.30 Å². The van der Waals surface area contributed by atoms with E-state index in [1.807, 2.05) is 33.2 Å². The number of methoxy groups -OCH3 is 1. The maximum Gasteiger partial charge on any atom is 0.325 e. The SMILES string of the molecule is CCc1nccn1CCCC(C)(NC(C)C)C(=O)OC. The highest BCUT2D eigenvalue weighted by Crippen LogP contribution is 2.17. The zero-order valence-corrected chi connectivity index (χ0v) is 13.3. The molecule has 1 N–H and O–H groups in total. The van der Waals surface area contributed by atoms with E-state index in [9.17, 15) is 4.79 Å². The fourth-order valence-corrected chi connectivity index (χ4v) is 2.56. The molecule has 0 aliphatic carbocycles. The number of ether oxygens (including phenoxy) is 1. The highest BCUT2D eigenvalue weighted by atomic mass is 16.5. The molecule has 0 saturated carbocycles. The first-order valence-electron chi connectivity index (χ1n) is 7.29. The van der Waals surface area contributed by atoms with Gasteiger partial charge in [-0.05, 0) is 33.6 Å². The number of nitrogens with one attached hydrogen (secondary N) is 1. The first kappa shape index (κ1) is 16.7. The maximum absolute atomic E-state index is 12.0. The van der Waals surface area contributed by atoms with Crippen LogP contribution in [0.15, 0.2) is 12.4 Å². The number of imidazole rings is 1. The molecule has 0 spiro atoms. The van der Waals surface area contributed by atoms with E-state index >= 15 is 0 Å². The van der Waals surface area contributed by atoms with Crippen LogP contribution in [0.2, 0.25) is 0 Å². The van der Waals surface area contributed by atoms with Crippen molar-refractivity contribution in [3.8, 4) is 0 Å². The molecule has 0 aliphatic rings. The number of carbonyl (C=O) groups is 1. The summed E-state index contributed by atoms with van der Waals surface area (Å²) in [7, 11) is 1.44. The Bertz CT molecular complexity index is 429. The molecule has 0 aromatic carbocycles. The Hall–Kier alpha value is -1.36. The Morgan fingerprint density at radius 2 is 2.25 bits per heavy atom. The minimum Gasteiger partial charge on any atom is -0.468 e. The van der Waals surface area contributed by atoms with Gasteiger partial charge in [0.1, 0.15) is 11.4 Å². The van der Waals surface area contributed by atoms with Crippen LogP contribution in [0.5, 0.6) is 0 Å². The molecule has 1 aromatic heterocycles. The topological polar surface area (TPSA) is 56.2 Å². The molecule has 0 aliphatic heterocycles. The zero-order chi connectivity index (χ0) is 15.2. The highest BCUT2D eigenvalue weighted by molar-refractivity contribution is 5.80. The van der Waals surface area contributed by atoms with Gasteiger partial charge in [0.2, 0.25) is 0 Å². The fourth-order valence-electron chi connectivity index (χ4n) is 2.56. The van der Waals surface area contributed by atoms with E-state index in [0.29, 0.717) is 0 Å². The number of hydrogen-bond acceptors (Lipinski definition) is 4. The summed E-state index contributed by atoms with van der Waals surface area (Å²) in [6.07, 6.45) is 6.37. The number of esters is 1. The first-order chi connectivity index (χ1) is 9.42. The number of aromatic nitrogens is 2. The molecule has 1 atom stereocenters. The van der Waals surface area contributed by atoms with Crippen molar-refractivity contribution < 1.29 is 9.53 Å². The Kier molecular flexibility index (Phi) is 6.20. The summed E-state index contributed by atoms with van der Waals surface area (Å²) >= 11 is 0. The van der Waals surface area contributed by atoms with Gasteiger partial charge in [0, 0.05) is 31.4 Å². The second kappa shape index (κ2) is 7.43. The van der Waals surface area contributed by atoms with E-state index in [1.54, 1.807) is 0 Å². The van der Waals surface area contributed by atoms with E-state index in [1.165, 1.54) is 7.11 Å². The molecule has 1 heterocycles. The van der Waals surface area contributed by atoms with Crippen LogP contribution in [0.3, 0.4) is 0 Å². The monoisotopic (exact) mass is 281 g/mol. The van der Waals surface area contributed by atoms with Gasteiger partial charge in [-0.1, -0.05) is 6.92 Å². The molecule has 20 heavy (non-hydrogen) atoms. The average Bonchev–Trinajstić information content (AvgIpc) is 2.84. The normalized spacial score (nSPS) is 14.3. The van der Waals surface area contributed by atoms with Gasteiger partial charge in [-0.15, -0.1) is 0 Å². The Balaban J connectivity index is 2.61. The van der Waals surface area contributed by atoms with Crippen LogP contribution in [0.1, 0.15) is 46.4 Å². The van der Waals surface area contributed by atoms with E-state index in [0.717, 1.165) is 31.6 Å². The molecule has 1 aromatic rings. The summed E-state index contributed by atoms with van der Waals surface area (Å²) in [4.78, 5) is 16.3. The number of aryl methyl sites for hydroxylation is 2. The van der Waals surface area contributed by atoms with Gasteiger partial charge in [-0.3, -0.25) is 10.1 Å². The molecule has 114 valence electrons. The van der Waals surface area contributed by atoms with Crippen LogP contribution in [0.25, 0.3) is 0 Å². The molecule has 5 heteroatoms. The minimum atomic E-state index is -0.629. The highest BCUT2D eigenvalue weighted by Gasteiger charge is 2.34. The summed E-state index contributed by atoms with van der Waals surface area (Å²) in [5.74, 6) is 0.883. The largest absolute Gasteiger partial charge is 0.468 e. The van der Waals surface area contributed by atoms with E-state index < -0.39 is 5.54 Å². The average molecular weight is 281 g/mol. The predicted molar refractivity (Wildman–Crippen MR) is 79.5 cm³/mol. The van der Waals surface area contributed by atoms with Gasteiger partial charge in [0.15, 0.2) is 0 Å². The van der Waals surface area contributed by atoms with E-state index in [-0.39, 0.29) is 12.0 Å². The second-order valence-corrected chi connectivity index (χ2v) is 5.62. The molecule has 1 unspecified atom stereocenters. The molecular weight excluding hydrogens is 254 g/mol. The lowest BCUT2D eigenvalue weighted by molar-refractivity contribution is -0.148. The lowest BCUT2D eigenvalue weighted by Gasteiger charge is -2.30. The minimum absolute atomic E-state index is 0.201. The van der Waals surface area contributed by atoms with Crippen molar-refractivity contribution in [1.82, 2.24) is 14.9 Å². The van der Waals surface area contributed by atoms with Crippen molar-refractivity contribution >= 4 is 5.97 Å². The Morgan fingerprint density at radius 3 is 2.80 bits per heavy atom. The van der Waals surface area contributed by atoms with Crippen LogP contribution in [-0.2, 0) is 22.5 Å². The lowest BCUT2D eigenvalue weighted by Crippen LogP contribution is -2.53. The Morgan fingerprint density at radius 1 is 1.55 bits per heavy atom. The number of nitrogens with zero attached hydrogens (tertiary/aromatic N) is 2. The van der Waals surface area contributed by atoms with Crippen molar-refractivity contribution in [2.75, 3.05) is 7.11 Å². The van der Waals surface area contributed by atoms with Gasteiger partial charge in [0.05, 0.1) is 7.11 Å². The maximum atomic E-state index is 12.0. The summed E-state index contributed by atoms with van der Waals surface area (Å²) in [5.41, 5.74) is -0.629. The molecular formula is C15H27N3O2. The number of hydrogen-bond donors (Lipinski definition) is 1. The first-order valence-corrected chi connectivity index (χ1v) is 7.29. The quantitative estimate of drug-likeness (QED) is 0.742. The van der Waals surface area contributed by atoms with Crippen LogP contribution >= 0.6 is 0 Å². The number of carbonyl (C=O) groups excluding carboxylic acids is 1. The smallest absolute Gasteiger partial charge is 0.325 e. The van der Waals surface area contributed by atoms with Crippen LogP contribution in [0, 0.1) is 0 Å². The zero-order valence-electron chi connectivity index (χ0n) is 13.3. The molecule has 0 amide bonds. The van der Waals surface area contributed by atoms with Crippen LogP contribution in [0.4, 0.5) is 0 Å². The van der Waals surface area contributed by atoms with Gasteiger partial charge >= 0.3 is 5.97 Å². The fraction of sp³-hybridized carbons (Fsp3) is 0.733. The summed E-state index contributed by atoms with van der Waals surface area (Å²) in [5, 5.41) is 3.32. The van der Waals surface area contributed by atoms with E-state index in [4.69, 9.17) is 4.74 Å². The predicted octanol–water partition coefficient (Wildman–Crippen LogP) is 2.16. The van der Waals surface area contributed by atoms with Crippen molar-refractivity contribution in [1.29, 1.82) is 0 Å². The molecule has 0 bridgehead atoms. The standard InChI is InChI=1S/C15H27N3O2/c1-6-13-16-9-11-18(13)10-7-8-15(4,14(19)20-5)17-12(2)3/h9,11-12,17H,6-8,10H2,1-5H3. The van der Waals surface area contributed by atoms with Crippen molar-refractivity contribution in [2.45, 2.75) is 65.1 Å². The van der Waals surface area contributed by atoms with Gasteiger partial charge in [0.25, 0.3) is 0 Å². The van der Waals surface area contributed by atoms with Crippen LogP contribution < -0.4 is 5.32 Å². The Labute approximate surface area is 121 Å². The molecule has 0 fully saturated rings. The molecule has 1 rings (SSSR count). The van der Waals surface area contributed by atoms with Gasteiger partial charge in [-0.25, -0.2) is 4.98 Å². The molecule has 0 saturated heterocycles. The second-order valence-electron chi connectivity index (χ2n) is 5.62. The van der Waals surface area contributed by atoms with Crippen molar-refractivity contribution in [2.24, 2.45) is 0 Å². The van der Waals surface area contributed by atoms with Gasteiger partial charge in [-0.2, -0.15) is 0 Å². The van der Waals surface area contributed by atoms with Crippen LogP contribution in [-0.4, -0.2) is 34.2 Å². The summed E-state index contributed by atoms with van der Waals surface area (Å²) in [6.45, 7) is 8.94. The molecule has 5 nitrogen and oxygen atoms in total. The van der Waals surface area contributed by atoms with Crippen molar-refractivity contribution in [3.05, 3.63) is 18.2 Å². The summed E-state index contributed by atoms with van der Waals surface area (Å²) in [6, 6.07) is 0.235. The third-order valence-corrected chi connectivity index (χ3v) is 3.44. The third-order valence-electron chi connectivity index (χ3n) is 3.44. The molecule has 0 radical (unpaired) electrons. The lowest BCUT2D eigenvalue weighted by atomic mass is 9.94. The number of rotatable bonds is 8. The van der Waals surface area contributed by atoms with Crippen molar-refractivity contribution in [3.63, 3.8) is 0 Å². The van der Waals surface area contributed by atoms with E-state index in [2.05, 4.69) is 21.8 Å². The summed E-state index contributed by atoms with van der Waals surface area (Å²) < 4.78 is 7.07. The third kappa shape index (κ3) is 4.34.